The fourth-order valence-corrected chi connectivity index (χ4v) is 1.90. The van der Waals surface area contributed by atoms with Gasteiger partial charge in [0.25, 0.3) is 0 Å². The molecule has 0 aliphatic heterocycles. The van der Waals surface area contributed by atoms with Gasteiger partial charge < -0.3 is 9.84 Å². The van der Waals surface area contributed by atoms with Crippen molar-refractivity contribution >= 4 is 0 Å². The number of aryl methyl sites for hydroxylation is 1. The highest BCUT2D eigenvalue weighted by Crippen LogP contribution is 2.13. The molecule has 0 bridgehead atoms. The molecule has 2 heteroatoms. The van der Waals surface area contributed by atoms with Crippen LogP contribution in [-0.2, 0) is 11.2 Å². The van der Waals surface area contributed by atoms with Gasteiger partial charge in [-0.05, 0) is 45.1 Å². The lowest BCUT2D eigenvalue weighted by Crippen LogP contribution is -2.14. The molecule has 1 aromatic carbocycles. The minimum Gasteiger partial charge on any atom is -0.396 e. The van der Waals surface area contributed by atoms with Gasteiger partial charge >= 0.3 is 0 Å². The van der Waals surface area contributed by atoms with Gasteiger partial charge in [-0.3, -0.25) is 0 Å². The molecular formula is C15H24O2. The average Bonchev–Trinajstić information content (AvgIpc) is 2.27. The van der Waals surface area contributed by atoms with E-state index in [1.54, 1.807) is 0 Å². The predicted molar refractivity (Wildman–Crippen MR) is 71.2 cm³/mol. The molecule has 1 aromatic rings. The van der Waals surface area contributed by atoms with Gasteiger partial charge in [-0.1, -0.05) is 29.8 Å². The van der Waals surface area contributed by atoms with E-state index in [0.717, 1.165) is 19.4 Å². The number of aliphatic hydroxyl groups is 1. The van der Waals surface area contributed by atoms with Crippen LogP contribution in [0.25, 0.3) is 0 Å². The van der Waals surface area contributed by atoms with Crippen molar-refractivity contribution in [2.45, 2.75) is 39.7 Å². The van der Waals surface area contributed by atoms with Crippen LogP contribution in [0.1, 0.15) is 31.4 Å². The summed E-state index contributed by atoms with van der Waals surface area (Å²) in [6.45, 7) is 7.13. The molecule has 1 rings (SSSR count). The van der Waals surface area contributed by atoms with Crippen molar-refractivity contribution in [3.8, 4) is 0 Å². The Labute approximate surface area is 105 Å². The molecule has 0 spiro atoms. The highest BCUT2D eigenvalue weighted by molar-refractivity contribution is 5.22. The third kappa shape index (κ3) is 5.85. The second kappa shape index (κ2) is 7.46. The van der Waals surface area contributed by atoms with Crippen LogP contribution in [0.15, 0.2) is 24.3 Å². The van der Waals surface area contributed by atoms with Gasteiger partial charge in [0.2, 0.25) is 0 Å². The molecular weight excluding hydrogens is 212 g/mol. The summed E-state index contributed by atoms with van der Waals surface area (Å²) in [5.41, 5.74) is 2.58. The molecule has 0 amide bonds. The van der Waals surface area contributed by atoms with E-state index in [-0.39, 0.29) is 12.7 Å². The normalized spacial score (nSPS) is 13.0. The minimum atomic E-state index is 0.232. The SMILES string of the molecule is Cc1cccc(CC(CO)CCOC(C)C)c1. The molecule has 0 aliphatic carbocycles. The molecule has 0 saturated carbocycles. The van der Waals surface area contributed by atoms with Gasteiger partial charge in [0, 0.05) is 13.2 Å². The highest BCUT2D eigenvalue weighted by atomic mass is 16.5. The quantitative estimate of drug-likeness (QED) is 0.788. The topological polar surface area (TPSA) is 29.5 Å². The number of benzene rings is 1. The zero-order valence-electron chi connectivity index (χ0n) is 11.1. The van der Waals surface area contributed by atoms with Crippen LogP contribution in [0, 0.1) is 12.8 Å². The summed E-state index contributed by atoms with van der Waals surface area (Å²) in [4.78, 5) is 0. The summed E-state index contributed by atoms with van der Waals surface area (Å²) in [5, 5.41) is 9.37. The van der Waals surface area contributed by atoms with Crippen LogP contribution in [0.3, 0.4) is 0 Å². The molecule has 0 fully saturated rings. The van der Waals surface area contributed by atoms with Crippen LogP contribution in [0.4, 0.5) is 0 Å². The van der Waals surface area contributed by atoms with Crippen molar-refractivity contribution in [2.75, 3.05) is 13.2 Å². The van der Waals surface area contributed by atoms with Gasteiger partial charge in [-0.15, -0.1) is 0 Å². The summed E-state index contributed by atoms with van der Waals surface area (Å²) in [7, 11) is 0. The Morgan fingerprint density at radius 3 is 2.65 bits per heavy atom. The number of rotatable bonds is 7. The Morgan fingerprint density at radius 1 is 1.29 bits per heavy atom. The Bertz CT molecular complexity index is 320. The van der Waals surface area contributed by atoms with Crippen molar-refractivity contribution in [2.24, 2.45) is 5.92 Å². The number of hydrogen-bond donors (Lipinski definition) is 1. The van der Waals surface area contributed by atoms with Crippen LogP contribution < -0.4 is 0 Å². The smallest absolute Gasteiger partial charge is 0.0518 e. The summed E-state index contributed by atoms with van der Waals surface area (Å²) in [6, 6.07) is 8.48. The Morgan fingerprint density at radius 2 is 2.06 bits per heavy atom. The lowest BCUT2D eigenvalue weighted by atomic mass is 9.96. The fourth-order valence-electron chi connectivity index (χ4n) is 1.90. The highest BCUT2D eigenvalue weighted by Gasteiger charge is 2.09. The van der Waals surface area contributed by atoms with Gasteiger partial charge in [0.1, 0.15) is 0 Å². The third-order valence-corrected chi connectivity index (χ3v) is 2.84. The van der Waals surface area contributed by atoms with E-state index < -0.39 is 0 Å². The van der Waals surface area contributed by atoms with Gasteiger partial charge in [-0.25, -0.2) is 0 Å². The summed E-state index contributed by atoms with van der Waals surface area (Å²) >= 11 is 0. The molecule has 0 heterocycles. The van der Waals surface area contributed by atoms with E-state index in [4.69, 9.17) is 4.74 Å². The number of aliphatic hydroxyl groups excluding tert-OH is 1. The maximum Gasteiger partial charge on any atom is 0.0518 e. The predicted octanol–water partition coefficient (Wildman–Crippen LogP) is 2.96. The Hall–Kier alpha value is -0.860. The maximum atomic E-state index is 9.37. The van der Waals surface area contributed by atoms with E-state index in [9.17, 15) is 5.11 Å². The summed E-state index contributed by atoms with van der Waals surface area (Å²) < 4.78 is 5.52. The summed E-state index contributed by atoms with van der Waals surface area (Å²) in [6.07, 6.45) is 2.12. The fraction of sp³-hybridized carbons (Fsp3) is 0.600. The van der Waals surface area contributed by atoms with Gasteiger partial charge in [0.15, 0.2) is 0 Å². The van der Waals surface area contributed by atoms with Crippen molar-refractivity contribution in [1.29, 1.82) is 0 Å². The molecule has 1 N–H and O–H groups in total. The molecule has 2 nitrogen and oxygen atoms in total. The molecule has 96 valence electrons. The molecule has 0 radical (unpaired) electrons. The van der Waals surface area contributed by atoms with E-state index in [1.807, 2.05) is 13.8 Å². The van der Waals surface area contributed by atoms with E-state index in [1.165, 1.54) is 11.1 Å². The molecule has 0 saturated heterocycles. The maximum absolute atomic E-state index is 9.37. The zero-order valence-corrected chi connectivity index (χ0v) is 11.1. The minimum absolute atomic E-state index is 0.232. The van der Waals surface area contributed by atoms with E-state index in [0.29, 0.717) is 5.92 Å². The number of hydrogen-bond acceptors (Lipinski definition) is 2. The van der Waals surface area contributed by atoms with Crippen molar-refractivity contribution in [3.05, 3.63) is 35.4 Å². The summed E-state index contributed by atoms with van der Waals surface area (Å²) in [5.74, 6) is 0.301. The lowest BCUT2D eigenvalue weighted by Gasteiger charge is -2.15. The van der Waals surface area contributed by atoms with Crippen molar-refractivity contribution < 1.29 is 9.84 Å². The van der Waals surface area contributed by atoms with E-state index >= 15 is 0 Å². The monoisotopic (exact) mass is 236 g/mol. The first-order chi connectivity index (χ1) is 8.11. The molecule has 0 aliphatic rings. The zero-order chi connectivity index (χ0) is 12.7. The van der Waals surface area contributed by atoms with Gasteiger partial charge in [0.05, 0.1) is 6.10 Å². The Balaban J connectivity index is 2.41. The molecule has 17 heavy (non-hydrogen) atoms. The largest absolute Gasteiger partial charge is 0.396 e. The standard InChI is InChI=1S/C15H24O2/c1-12(2)17-8-7-15(11-16)10-14-6-4-5-13(3)9-14/h4-6,9,12,15-16H,7-8,10-11H2,1-3H3. The second-order valence-corrected chi connectivity index (χ2v) is 4.95. The average molecular weight is 236 g/mol. The van der Waals surface area contributed by atoms with Crippen LogP contribution >= 0.6 is 0 Å². The Kier molecular flexibility index (Phi) is 6.23. The van der Waals surface area contributed by atoms with Crippen molar-refractivity contribution in [3.63, 3.8) is 0 Å². The molecule has 1 atom stereocenters. The third-order valence-electron chi connectivity index (χ3n) is 2.84. The van der Waals surface area contributed by atoms with Crippen molar-refractivity contribution in [1.82, 2.24) is 0 Å². The molecule has 0 aromatic heterocycles. The van der Waals surface area contributed by atoms with Crippen LogP contribution in [0.5, 0.6) is 0 Å². The first kappa shape index (κ1) is 14.2. The van der Waals surface area contributed by atoms with Gasteiger partial charge in [-0.2, -0.15) is 0 Å². The first-order valence-corrected chi connectivity index (χ1v) is 6.39. The molecule has 1 unspecified atom stereocenters. The second-order valence-electron chi connectivity index (χ2n) is 4.95. The number of ether oxygens (including phenoxy) is 1. The lowest BCUT2D eigenvalue weighted by molar-refractivity contribution is 0.0612. The van der Waals surface area contributed by atoms with E-state index in [2.05, 4.69) is 31.2 Å². The van der Waals surface area contributed by atoms with Crippen LogP contribution in [0.2, 0.25) is 0 Å². The first-order valence-electron chi connectivity index (χ1n) is 6.39. The van der Waals surface area contributed by atoms with Crippen LogP contribution in [-0.4, -0.2) is 24.4 Å².